The van der Waals surface area contributed by atoms with Gasteiger partial charge in [-0.3, -0.25) is 4.79 Å². The Bertz CT molecular complexity index is 705. The summed E-state index contributed by atoms with van der Waals surface area (Å²) < 4.78 is 15.1. The minimum Gasteiger partial charge on any atom is -0.481 e. The Labute approximate surface area is 109 Å². The number of hydrogen-bond acceptors (Lipinski definition) is 3. The van der Waals surface area contributed by atoms with E-state index in [0.29, 0.717) is 23.2 Å². The molecule has 0 fully saturated rings. The van der Waals surface area contributed by atoms with Gasteiger partial charge in [-0.15, -0.1) is 5.10 Å². The van der Waals surface area contributed by atoms with Crippen molar-refractivity contribution in [1.82, 2.24) is 14.6 Å². The summed E-state index contributed by atoms with van der Waals surface area (Å²) in [5, 5.41) is 13.2. The van der Waals surface area contributed by atoms with Crippen LogP contribution in [0.25, 0.3) is 5.65 Å². The van der Waals surface area contributed by atoms with E-state index >= 15 is 0 Å². The molecule has 2 heterocycles. The summed E-state index contributed by atoms with van der Waals surface area (Å²) in [7, 11) is 0. The number of carbonyl (C=O) groups is 1. The summed E-state index contributed by atoms with van der Waals surface area (Å²) >= 11 is 0. The van der Waals surface area contributed by atoms with Crippen LogP contribution in [-0.2, 0) is 10.2 Å². The quantitative estimate of drug-likeness (QED) is 0.854. The largest absolute Gasteiger partial charge is 0.481 e. The van der Waals surface area contributed by atoms with E-state index in [1.807, 2.05) is 13.8 Å². The molecule has 2 aromatic rings. The number of fused-ring (bicyclic) bond motifs is 3. The minimum absolute atomic E-state index is 0.371. The molecule has 1 unspecified atom stereocenters. The first-order valence-corrected chi connectivity index (χ1v) is 6.10. The third-order valence-corrected chi connectivity index (χ3v) is 3.87. The van der Waals surface area contributed by atoms with Crippen LogP contribution in [0, 0.1) is 12.9 Å². The Kier molecular flexibility index (Phi) is 2.24. The zero-order valence-electron chi connectivity index (χ0n) is 10.9. The zero-order valence-corrected chi connectivity index (χ0v) is 10.9. The summed E-state index contributed by atoms with van der Waals surface area (Å²) in [4.78, 5) is 15.5. The second-order valence-electron chi connectivity index (χ2n) is 5.69. The van der Waals surface area contributed by atoms with Gasteiger partial charge in [-0.1, -0.05) is 13.8 Å². The molecule has 6 heteroatoms. The number of aryl methyl sites for hydroxylation is 1. The van der Waals surface area contributed by atoms with Crippen LogP contribution in [0.5, 0.6) is 0 Å². The van der Waals surface area contributed by atoms with Crippen LogP contribution in [-0.4, -0.2) is 25.7 Å². The van der Waals surface area contributed by atoms with E-state index in [9.17, 15) is 14.3 Å². The van der Waals surface area contributed by atoms with Gasteiger partial charge < -0.3 is 5.11 Å². The van der Waals surface area contributed by atoms with E-state index in [-0.39, 0.29) is 5.41 Å². The molecule has 0 radical (unpaired) electrons. The lowest BCUT2D eigenvalue weighted by Crippen LogP contribution is -2.18. The number of halogens is 1. The summed E-state index contributed by atoms with van der Waals surface area (Å²) in [6.45, 7) is 5.51. The highest BCUT2D eigenvalue weighted by Gasteiger charge is 2.43. The maximum Gasteiger partial charge on any atom is 0.311 e. The predicted molar refractivity (Wildman–Crippen MR) is 65.7 cm³/mol. The Morgan fingerprint density at radius 3 is 2.89 bits per heavy atom. The van der Waals surface area contributed by atoms with Crippen molar-refractivity contribution < 1.29 is 14.3 Å². The van der Waals surface area contributed by atoms with Gasteiger partial charge >= 0.3 is 5.97 Å². The van der Waals surface area contributed by atoms with Crippen LogP contribution < -0.4 is 0 Å². The van der Waals surface area contributed by atoms with Gasteiger partial charge in [-0.25, -0.2) is 9.50 Å². The minimum atomic E-state index is -0.877. The zero-order chi connectivity index (χ0) is 13.9. The third-order valence-electron chi connectivity index (χ3n) is 3.87. The highest BCUT2D eigenvalue weighted by atomic mass is 19.1. The third kappa shape index (κ3) is 1.49. The molecular formula is C13H14FN3O2. The first kappa shape index (κ1) is 12.1. The van der Waals surface area contributed by atoms with Crippen molar-refractivity contribution in [2.24, 2.45) is 0 Å². The van der Waals surface area contributed by atoms with Crippen molar-refractivity contribution in [2.75, 3.05) is 0 Å². The maximum absolute atomic E-state index is 13.6. The Morgan fingerprint density at radius 2 is 2.26 bits per heavy atom. The maximum atomic E-state index is 13.6. The second kappa shape index (κ2) is 3.53. The number of carboxylic acid groups (broad SMARTS) is 1. The highest BCUT2D eigenvalue weighted by Crippen LogP contribution is 2.45. The molecule has 0 spiro atoms. The normalized spacial score (nSPS) is 20.7. The first-order valence-electron chi connectivity index (χ1n) is 6.10. The summed E-state index contributed by atoms with van der Waals surface area (Å²) in [6, 6.07) is 0. The molecule has 1 aliphatic rings. The van der Waals surface area contributed by atoms with Gasteiger partial charge in [0, 0.05) is 17.2 Å². The van der Waals surface area contributed by atoms with Crippen LogP contribution in [0.3, 0.4) is 0 Å². The van der Waals surface area contributed by atoms with Gasteiger partial charge in [0.2, 0.25) is 5.95 Å². The van der Waals surface area contributed by atoms with Crippen molar-refractivity contribution in [3.63, 3.8) is 0 Å². The fraction of sp³-hybridized carbons (Fsp3) is 0.462. The van der Waals surface area contributed by atoms with Crippen LogP contribution >= 0.6 is 0 Å². The molecule has 1 N–H and O–H groups in total. The van der Waals surface area contributed by atoms with Crippen molar-refractivity contribution >= 4 is 11.6 Å². The van der Waals surface area contributed by atoms with Gasteiger partial charge in [0.15, 0.2) is 5.65 Å². The lowest BCUT2D eigenvalue weighted by Gasteiger charge is -2.19. The van der Waals surface area contributed by atoms with Crippen molar-refractivity contribution in [1.29, 1.82) is 0 Å². The number of rotatable bonds is 1. The van der Waals surface area contributed by atoms with Gasteiger partial charge in [0.25, 0.3) is 0 Å². The lowest BCUT2D eigenvalue weighted by molar-refractivity contribution is -0.139. The Hall–Kier alpha value is -1.98. The topological polar surface area (TPSA) is 67.5 Å². The van der Waals surface area contributed by atoms with E-state index in [0.717, 1.165) is 5.69 Å². The van der Waals surface area contributed by atoms with E-state index < -0.39 is 17.8 Å². The molecule has 0 bridgehead atoms. The van der Waals surface area contributed by atoms with E-state index in [4.69, 9.17) is 0 Å². The van der Waals surface area contributed by atoms with E-state index in [1.165, 1.54) is 4.52 Å². The average molecular weight is 263 g/mol. The predicted octanol–water partition coefficient (Wildman–Crippen LogP) is 2.03. The standard InChI is InChI=1S/C13H14FN3O2/c1-6-10(14)16-17-9-8(5-15-11(6)17)7(12(18)19)4-13(9,2)3/h5,7H,4H2,1-3H3,(H,18,19). The molecule has 19 heavy (non-hydrogen) atoms. The molecule has 5 nitrogen and oxygen atoms in total. The summed E-state index contributed by atoms with van der Waals surface area (Å²) in [5.74, 6) is -2.04. The Morgan fingerprint density at radius 1 is 1.58 bits per heavy atom. The molecule has 0 saturated heterocycles. The second-order valence-corrected chi connectivity index (χ2v) is 5.69. The number of aliphatic carboxylic acids is 1. The monoisotopic (exact) mass is 263 g/mol. The van der Waals surface area contributed by atoms with Crippen LogP contribution in [0.2, 0.25) is 0 Å². The first-order chi connectivity index (χ1) is 8.83. The Balaban J connectivity index is 2.38. The molecule has 3 rings (SSSR count). The molecule has 0 aromatic carbocycles. The molecule has 0 amide bonds. The van der Waals surface area contributed by atoms with Gasteiger partial charge in [-0.05, 0) is 13.3 Å². The summed E-state index contributed by atoms with van der Waals surface area (Å²) in [5.41, 5.74) is 1.85. The molecule has 1 atom stereocenters. The van der Waals surface area contributed by atoms with E-state index in [2.05, 4.69) is 10.1 Å². The van der Waals surface area contributed by atoms with Crippen molar-refractivity contribution in [2.45, 2.75) is 38.5 Å². The molecule has 1 aliphatic carbocycles. The number of aromatic nitrogens is 3. The summed E-state index contributed by atoms with van der Waals surface area (Å²) in [6.07, 6.45) is 2.02. The fourth-order valence-corrected chi connectivity index (χ4v) is 2.95. The fourth-order valence-electron chi connectivity index (χ4n) is 2.95. The van der Waals surface area contributed by atoms with Gasteiger partial charge in [0.1, 0.15) is 0 Å². The number of carboxylic acids is 1. The molecule has 0 saturated carbocycles. The molecule has 100 valence electrons. The smallest absolute Gasteiger partial charge is 0.311 e. The highest BCUT2D eigenvalue weighted by molar-refractivity contribution is 5.78. The van der Waals surface area contributed by atoms with Crippen molar-refractivity contribution in [3.05, 3.63) is 29.0 Å². The average Bonchev–Trinajstić information content (AvgIpc) is 2.76. The van der Waals surface area contributed by atoms with Crippen LogP contribution in [0.15, 0.2) is 6.20 Å². The van der Waals surface area contributed by atoms with Gasteiger partial charge in [-0.2, -0.15) is 4.39 Å². The number of nitrogens with zero attached hydrogens (tertiary/aromatic N) is 3. The molecule has 0 aliphatic heterocycles. The number of hydrogen-bond donors (Lipinski definition) is 1. The van der Waals surface area contributed by atoms with Crippen LogP contribution in [0.1, 0.15) is 43.0 Å². The SMILES string of the molecule is Cc1c(F)nn2c3c(cnc12)C(C(=O)O)CC3(C)C. The van der Waals surface area contributed by atoms with E-state index in [1.54, 1.807) is 13.1 Å². The molecular weight excluding hydrogens is 249 g/mol. The van der Waals surface area contributed by atoms with Crippen molar-refractivity contribution in [3.8, 4) is 0 Å². The van der Waals surface area contributed by atoms with Crippen LogP contribution in [0.4, 0.5) is 4.39 Å². The lowest BCUT2D eigenvalue weighted by atomic mass is 9.89. The van der Waals surface area contributed by atoms with Gasteiger partial charge in [0.05, 0.1) is 17.2 Å². The molecule has 2 aromatic heterocycles.